The molecular formula is C15H18ClN. The van der Waals surface area contributed by atoms with Crippen LogP contribution in [0.2, 0.25) is 5.02 Å². The highest BCUT2D eigenvalue weighted by Crippen LogP contribution is 2.38. The molecule has 0 aliphatic heterocycles. The van der Waals surface area contributed by atoms with Crippen LogP contribution in [-0.4, -0.2) is 12.1 Å². The van der Waals surface area contributed by atoms with Crippen LogP contribution in [0.3, 0.4) is 0 Å². The normalized spacial score (nSPS) is 28.3. The molecule has 2 aliphatic rings. The van der Waals surface area contributed by atoms with Crippen LogP contribution in [0.15, 0.2) is 36.4 Å². The third kappa shape index (κ3) is 2.56. The molecule has 90 valence electrons. The van der Waals surface area contributed by atoms with Crippen molar-refractivity contribution in [3.63, 3.8) is 0 Å². The molecule has 1 N–H and O–H groups in total. The fourth-order valence-electron chi connectivity index (χ4n) is 2.87. The zero-order valence-corrected chi connectivity index (χ0v) is 10.7. The van der Waals surface area contributed by atoms with Crippen molar-refractivity contribution in [2.45, 2.75) is 43.7 Å². The van der Waals surface area contributed by atoms with Crippen LogP contribution >= 0.6 is 11.6 Å². The summed E-state index contributed by atoms with van der Waals surface area (Å²) in [5.74, 6) is 0.709. The second-order valence-electron chi connectivity index (χ2n) is 5.23. The van der Waals surface area contributed by atoms with Crippen molar-refractivity contribution in [3.05, 3.63) is 47.0 Å². The molecule has 2 aliphatic carbocycles. The van der Waals surface area contributed by atoms with Crippen LogP contribution in [0.25, 0.3) is 0 Å². The summed E-state index contributed by atoms with van der Waals surface area (Å²) in [6.07, 6.45) is 9.50. The van der Waals surface area contributed by atoms with Crippen molar-refractivity contribution in [1.82, 2.24) is 5.32 Å². The van der Waals surface area contributed by atoms with Crippen LogP contribution in [0.5, 0.6) is 0 Å². The van der Waals surface area contributed by atoms with Crippen LogP contribution in [-0.2, 0) is 0 Å². The molecule has 0 aromatic heterocycles. The molecule has 3 rings (SSSR count). The first kappa shape index (κ1) is 11.3. The highest BCUT2D eigenvalue weighted by atomic mass is 35.5. The molecule has 0 atom stereocenters. The summed E-state index contributed by atoms with van der Waals surface area (Å²) < 4.78 is 0. The molecule has 17 heavy (non-hydrogen) atoms. The number of hydrogen-bond acceptors (Lipinski definition) is 1. The van der Waals surface area contributed by atoms with E-state index >= 15 is 0 Å². The lowest BCUT2D eigenvalue weighted by Crippen LogP contribution is -2.44. The van der Waals surface area contributed by atoms with Crippen molar-refractivity contribution < 1.29 is 0 Å². The van der Waals surface area contributed by atoms with Gasteiger partial charge in [0.25, 0.3) is 0 Å². The summed E-state index contributed by atoms with van der Waals surface area (Å²) >= 11 is 6.02. The molecule has 0 radical (unpaired) electrons. The molecule has 0 bridgehead atoms. The Morgan fingerprint density at radius 2 is 1.82 bits per heavy atom. The second-order valence-corrected chi connectivity index (χ2v) is 5.66. The number of halogens is 1. The van der Waals surface area contributed by atoms with E-state index < -0.39 is 0 Å². The van der Waals surface area contributed by atoms with E-state index in [0.29, 0.717) is 18.0 Å². The maximum atomic E-state index is 6.02. The predicted molar refractivity (Wildman–Crippen MR) is 72.5 cm³/mol. The molecule has 0 spiro atoms. The average Bonchev–Trinajstić information content (AvgIpc) is 2.75. The standard InChI is InChI=1S/C15H18ClN/c16-13-5-3-4-11(8-13)12-9-15(10-12)17-14-6-1-2-7-14/h1-5,8,12,14-15,17H,6-7,9-10H2. The van der Waals surface area contributed by atoms with Gasteiger partial charge in [-0.1, -0.05) is 35.9 Å². The van der Waals surface area contributed by atoms with Crippen molar-refractivity contribution in [3.8, 4) is 0 Å². The highest BCUT2D eigenvalue weighted by Gasteiger charge is 2.31. The van der Waals surface area contributed by atoms with Crippen molar-refractivity contribution >= 4 is 11.6 Å². The molecule has 1 saturated carbocycles. The van der Waals surface area contributed by atoms with Gasteiger partial charge in [-0.15, -0.1) is 0 Å². The Morgan fingerprint density at radius 3 is 2.53 bits per heavy atom. The minimum Gasteiger partial charge on any atom is -0.311 e. The van der Waals surface area contributed by atoms with Gasteiger partial charge in [-0.05, 0) is 49.3 Å². The Balaban J connectivity index is 1.51. The van der Waals surface area contributed by atoms with E-state index in [1.807, 2.05) is 6.07 Å². The molecule has 0 heterocycles. The minimum atomic E-state index is 0.695. The van der Waals surface area contributed by atoms with Crippen molar-refractivity contribution in [1.29, 1.82) is 0 Å². The maximum Gasteiger partial charge on any atom is 0.0408 e. The number of benzene rings is 1. The predicted octanol–water partition coefficient (Wildman–Crippen LogP) is 3.89. The molecule has 1 aromatic carbocycles. The van der Waals surface area contributed by atoms with Crippen LogP contribution in [0.1, 0.15) is 37.2 Å². The van der Waals surface area contributed by atoms with Gasteiger partial charge in [0, 0.05) is 17.1 Å². The summed E-state index contributed by atoms with van der Waals surface area (Å²) in [6, 6.07) is 9.72. The Morgan fingerprint density at radius 1 is 1.06 bits per heavy atom. The number of nitrogens with one attached hydrogen (secondary N) is 1. The summed E-state index contributed by atoms with van der Waals surface area (Å²) in [6.45, 7) is 0. The highest BCUT2D eigenvalue weighted by molar-refractivity contribution is 6.30. The second kappa shape index (κ2) is 4.83. The minimum absolute atomic E-state index is 0.695. The fraction of sp³-hybridized carbons (Fsp3) is 0.467. The van der Waals surface area contributed by atoms with Gasteiger partial charge in [0.15, 0.2) is 0 Å². The molecule has 0 unspecified atom stereocenters. The van der Waals surface area contributed by atoms with Crippen LogP contribution < -0.4 is 5.32 Å². The van der Waals surface area contributed by atoms with E-state index in [0.717, 1.165) is 5.02 Å². The molecule has 0 amide bonds. The van der Waals surface area contributed by atoms with Gasteiger partial charge in [-0.3, -0.25) is 0 Å². The van der Waals surface area contributed by atoms with Gasteiger partial charge in [-0.25, -0.2) is 0 Å². The average molecular weight is 248 g/mol. The Bertz CT molecular complexity index is 413. The maximum absolute atomic E-state index is 6.02. The first-order valence-corrected chi connectivity index (χ1v) is 6.85. The van der Waals surface area contributed by atoms with Gasteiger partial charge in [0.05, 0.1) is 0 Å². The molecule has 1 aromatic rings. The summed E-state index contributed by atoms with van der Waals surface area (Å²) in [5.41, 5.74) is 1.40. The zero-order chi connectivity index (χ0) is 11.7. The van der Waals surface area contributed by atoms with Gasteiger partial charge in [0.2, 0.25) is 0 Å². The molecule has 2 heteroatoms. The molecule has 1 fully saturated rings. The Labute approximate surface area is 108 Å². The van der Waals surface area contributed by atoms with Gasteiger partial charge < -0.3 is 5.32 Å². The lowest BCUT2D eigenvalue weighted by atomic mass is 9.75. The first-order valence-electron chi connectivity index (χ1n) is 6.48. The van der Waals surface area contributed by atoms with E-state index in [4.69, 9.17) is 11.6 Å². The number of rotatable bonds is 3. The number of hydrogen-bond donors (Lipinski definition) is 1. The lowest BCUT2D eigenvalue weighted by molar-refractivity contribution is 0.267. The third-order valence-electron chi connectivity index (χ3n) is 3.94. The lowest BCUT2D eigenvalue weighted by Gasteiger charge is -2.38. The van der Waals surface area contributed by atoms with Gasteiger partial charge >= 0.3 is 0 Å². The quantitative estimate of drug-likeness (QED) is 0.799. The SMILES string of the molecule is Clc1cccc(C2CC(NC3CC=CC3)C2)c1. The third-order valence-corrected chi connectivity index (χ3v) is 4.17. The Hall–Kier alpha value is -0.790. The first-order chi connectivity index (χ1) is 8.31. The van der Waals surface area contributed by atoms with Crippen molar-refractivity contribution in [2.75, 3.05) is 0 Å². The zero-order valence-electron chi connectivity index (χ0n) is 9.90. The van der Waals surface area contributed by atoms with Crippen LogP contribution in [0.4, 0.5) is 0 Å². The van der Waals surface area contributed by atoms with Crippen LogP contribution in [0, 0.1) is 0 Å². The van der Waals surface area contributed by atoms with Gasteiger partial charge in [-0.2, -0.15) is 0 Å². The van der Waals surface area contributed by atoms with Gasteiger partial charge in [0.1, 0.15) is 0 Å². The van der Waals surface area contributed by atoms with E-state index in [-0.39, 0.29) is 0 Å². The fourth-order valence-corrected chi connectivity index (χ4v) is 3.07. The monoisotopic (exact) mass is 247 g/mol. The molecular weight excluding hydrogens is 230 g/mol. The summed E-state index contributed by atoms with van der Waals surface area (Å²) in [7, 11) is 0. The summed E-state index contributed by atoms with van der Waals surface area (Å²) in [4.78, 5) is 0. The van der Waals surface area contributed by atoms with E-state index in [2.05, 4.69) is 35.7 Å². The van der Waals surface area contributed by atoms with E-state index in [9.17, 15) is 0 Å². The smallest absolute Gasteiger partial charge is 0.0408 e. The van der Waals surface area contributed by atoms with E-state index in [1.54, 1.807) is 0 Å². The molecule has 0 saturated heterocycles. The summed E-state index contributed by atoms with van der Waals surface area (Å²) in [5, 5.41) is 4.59. The topological polar surface area (TPSA) is 12.0 Å². The largest absolute Gasteiger partial charge is 0.311 e. The van der Waals surface area contributed by atoms with E-state index in [1.165, 1.54) is 31.2 Å². The Kier molecular flexibility index (Phi) is 3.21. The van der Waals surface area contributed by atoms with Crippen molar-refractivity contribution in [2.24, 2.45) is 0 Å². The molecule has 1 nitrogen and oxygen atoms in total.